The third kappa shape index (κ3) is 2.07. The van der Waals surface area contributed by atoms with Gasteiger partial charge in [0.25, 0.3) is 0 Å². The molecule has 0 aliphatic rings. The maximum absolute atomic E-state index is 6.08. The summed E-state index contributed by atoms with van der Waals surface area (Å²) in [5.74, 6) is 1.34. The SMILES string of the molecule is COc1ccc(-c2ncccn2)c(Cl)c1. The standard InChI is InChI=1S/C11H9ClN2O/c1-15-8-3-4-9(10(12)7-8)11-13-5-2-6-14-11/h2-7H,1H3. The number of nitrogens with zero attached hydrogens (tertiary/aromatic N) is 2. The molecule has 0 N–H and O–H groups in total. The van der Waals surface area contributed by atoms with Crippen molar-refractivity contribution in [2.24, 2.45) is 0 Å². The van der Waals surface area contributed by atoms with Crippen molar-refractivity contribution in [3.8, 4) is 17.1 Å². The summed E-state index contributed by atoms with van der Waals surface area (Å²) >= 11 is 6.08. The minimum absolute atomic E-state index is 0.584. The Morgan fingerprint density at radius 2 is 1.93 bits per heavy atom. The van der Waals surface area contributed by atoms with Crippen molar-refractivity contribution in [1.82, 2.24) is 9.97 Å². The first kappa shape index (κ1) is 9.93. The van der Waals surface area contributed by atoms with E-state index in [9.17, 15) is 0 Å². The molecule has 1 heterocycles. The van der Waals surface area contributed by atoms with Gasteiger partial charge < -0.3 is 4.74 Å². The van der Waals surface area contributed by atoms with E-state index in [1.165, 1.54) is 0 Å². The van der Waals surface area contributed by atoms with E-state index in [1.54, 1.807) is 31.6 Å². The highest BCUT2D eigenvalue weighted by Crippen LogP contribution is 2.28. The second-order valence-electron chi connectivity index (χ2n) is 2.92. The van der Waals surface area contributed by atoms with Crippen molar-refractivity contribution < 1.29 is 4.74 Å². The quantitative estimate of drug-likeness (QED) is 0.781. The molecule has 1 aromatic heterocycles. The summed E-state index contributed by atoms with van der Waals surface area (Å²) in [5, 5.41) is 0.584. The zero-order valence-corrected chi connectivity index (χ0v) is 8.90. The van der Waals surface area contributed by atoms with Gasteiger partial charge in [-0.25, -0.2) is 9.97 Å². The molecule has 0 aliphatic carbocycles. The van der Waals surface area contributed by atoms with Gasteiger partial charge in [0, 0.05) is 18.0 Å². The maximum atomic E-state index is 6.08. The summed E-state index contributed by atoms with van der Waals surface area (Å²) in [6, 6.07) is 7.18. The van der Waals surface area contributed by atoms with E-state index >= 15 is 0 Å². The third-order valence-corrected chi connectivity index (χ3v) is 2.30. The molecule has 2 rings (SSSR count). The van der Waals surface area contributed by atoms with Crippen LogP contribution in [0.15, 0.2) is 36.7 Å². The van der Waals surface area contributed by atoms with Gasteiger partial charge in [0.2, 0.25) is 0 Å². The Kier molecular flexibility index (Phi) is 2.83. The molecule has 0 saturated carbocycles. The molecule has 4 heteroatoms. The van der Waals surface area contributed by atoms with Gasteiger partial charge in [-0.15, -0.1) is 0 Å². The van der Waals surface area contributed by atoms with Crippen molar-refractivity contribution in [2.75, 3.05) is 7.11 Å². The van der Waals surface area contributed by atoms with Crippen LogP contribution in [0.3, 0.4) is 0 Å². The Labute approximate surface area is 92.7 Å². The van der Waals surface area contributed by atoms with Gasteiger partial charge in [-0.05, 0) is 24.3 Å². The summed E-state index contributed by atoms with van der Waals surface area (Å²) in [6.45, 7) is 0. The number of benzene rings is 1. The van der Waals surface area contributed by atoms with E-state index in [4.69, 9.17) is 16.3 Å². The minimum Gasteiger partial charge on any atom is -0.497 e. The van der Waals surface area contributed by atoms with Crippen LogP contribution in [-0.2, 0) is 0 Å². The second kappa shape index (κ2) is 4.28. The minimum atomic E-state index is 0.584. The second-order valence-corrected chi connectivity index (χ2v) is 3.33. The van der Waals surface area contributed by atoms with Gasteiger partial charge in [0.15, 0.2) is 5.82 Å². The Balaban J connectivity index is 2.46. The van der Waals surface area contributed by atoms with Crippen LogP contribution in [0.4, 0.5) is 0 Å². The van der Waals surface area contributed by atoms with Gasteiger partial charge in [-0.1, -0.05) is 11.6 Å². The van der Waals surface area contributed by atoms with Crippen LogP contribution in [0.2, 0.25) is 5.02 Å². The summed E-state index contributed by atoms with van der Waals surface area (Å²) in [7, 11) is 1.60. The van der Waals surface area contributed by atoms with E-state index in [1.807, 2.05) is 12.1 Å². The molecule has 2 aromatic rings. The number of aromatic nitrogens is 2. The smallest absolute Gasteiger partial charge is 0.160 e. The molecule has 1 aromatic carbocycles. The van der Waals surface area contributed by atoms with Crippen LogP contribution in [0.5, 0.6) is 5.75 Å². The zero-order chi connectivity index (χ0) is 10.7. The summed E-state index contributed by atoms with van der Waals surface area (Å²) in [6.07, 6.45) is 3.37. The molecule has 3 nitrogen and oxygen atoms in total. The molecule has 0 fully saturated rings. The van der Waals surface area contributed by atoms with Crippen molar-refractivity contribution in [2.45, 2.75) is 0 Å². The molecule has 0 radical (unpaired) electrons. The van der Waals surface area contributed by atoms with Gasteiger partial charge in [0.1, 0.15) is 5.75 Å². The highest BCUT2D eigenvalue weighted by Gasteiger charge is 2.06. The number of halogens is 1. The lowest BCUT2D eigenvalue weighted by molar-refractivity contribution is 0.415. The molecule has 0 bridgehead atoms. The van der Waals surface area contributed by atoms with Crippen LogP contribution in [-0.4, -0.2) is 17.1 Å². The van der Waals surface area contributed by atoms with E-state index in [0.29, 0.717) is 10.8 Å². The summed E-state index contributed by atoms with van der Waals surface area (Å²) in [4.78, 5) is 8.26. The predicted octanol–water partition coefficient (Wildman–Crippen LogP) is 2.81. The summed E-state index contributed by atoms with van der Waals surface area (Å²) < 4.78 is 5.06. The Morgan fingerprint density at radius 3 is 2.53 bits per heavy atom. The normalized spacial score (nSPS) is 10.0. The highest BCUT2D eigenvalue weighted by atomic mass is 35.5. The van der Waals surface area contributed by atoms with Crippen molar-refractivity contribution in [3.63, 3.8) is 0 Å². The fourth-order valence-electron chi connectivity index (χ4n) is 1.24. The van der Waals surface area contributed by atoms with Gasteiger partial charge in [-0.3, -0.25) is 0 Å². The third-order valence-electron chi connectivity index (χ3n) is 1.98. The number of ether oxygens (including phenoxy) is 1. The maximum Gasteiger partial charge on any atom is 0.160 e. The van der Waals surface area contributed by atoms with Crippen LogP contribution >= 0.6 is 11.6 Å². The molecule has 0 unspecified atom stereocenters. The largest absolute Gasteiger partial charge is 0.497 e. The van der Waals surface area contributed by atoms with E-state index in [2.05, 4.69) is 9.97 Å². The Hall–Kier alpha value is -1.61. The number of rotatable bonds is 2. The van der Waals surface area contributed by atoms with Crippen molar-refractivity contribution in [1.29, 1.82) is 0 Å². The monoisotopic (exact) mass is 220 g/mol. The van der Waals surface area contributed by atoms with Crippen LogP contribution in [0, 0.1) is 0 Å². The van der Waals surface area contributed by atoms with E-state index in [0.717, 1.165) is 11.3 Å². The topological polar surface area (TPSA) is 35.0 Å². The Bertz CT molecular complexity index is 459. The molecular weight excluding hydrogens is 212 g/mol. The van der Waals surface area contributed by atoms with Crippen LogP contribution < -0.4 is 4.74 Å². The molecule has 0 saturated heterocycles. The Morgan fingerprint density at radius 1 is 1.20 bits per heavy atom. The number of methoxy groups -OCH3 is 1. The van der Waals surface area contributed by atoms with Gasteiger partial charge >= 0.3 is 0 Å². The predicted molar refractivity (Wildman–Crippen MR) is 59.0 cm³/mol. The fraction of sp³-hybridized carbons (Fsp3) is 0.0909. The molecule has 76 valence electrons. The van der Waals surface area contributed by atoms with E-state index < -0.39 is 0 Å². The molecule has 0 amide bonds. The zero-order valence-electron chi connectivity index (χ0n) is 8.14. The first-order valence-corrected chi connectivity index (χ1v) is 4.80. The van der Waals surface area contributed by atoms with Gasteiger partial charge in [0.05, 0.1) is 12.1 Å². The highest BCUT2D eigenvalue weighted by molar-refractivity contribution is 6.33. The molecule has 0 atom stereocenters. The number of hydrogen-bond acceptors (Lipinski definition) is 3. The molecule has 0 aliphatic heterocycles. The number of hydrogen-bond donors (Lipinski definition) is 0. The first-order chi connectivity index (χ1) is 7.31. The average Bonchev–Trinajstić information content (AvgIpc) is 2.30. The van der Waals surface area contributed by atoms with Gasteiger partial charge in [-0.2, -0.15) is 0 Å². The van der Waals surface area contributed by atoms with Crippen molar-refractivity contribution in [3.05, 3.63) is 41.7 Å². The van der Waals surface area contributed by atoms with Crippen LogP contribution in [0.1, 0.15) is 0 Å². The summed E-state index contributed by atoms with van der Waals surface area (Å²) in [5.41, 5.74) is 0.804. The lowest BCUT2D eigenvalue weighted by Crippen LogP contribution is -1.89. The lowest BCUT2D eigenvalue weighted by Gasteiger charge is -2.04. The molecule has 15 heavy (non-hydrogen) atoms. The average molecular weight is 221 g/mol. The van der Waals surface area contributed by atoms with Crippen LogP contribution in [0.25, 0.3) is 11.4 Å². The molecular formula is C11H9ClN2O. The van der Waals surface area contributed by atoms with Crippen molar-refractivity contribution >= 4 is 11.6 Å². The molecule has 0 spiro atoms. The fourth-order valence-corrected chi connectivity index (χ4v) is 1.50. The first-order valence-electron chi connectivity index (χ1n) is 4.42. The van der Waals surface area contributed by atoms with E-state index in [-0.39, 0.29) is 0 Å². The lowest BCUT2D eigenvalue weighted by atomic mass is 10.2.